The fraction of sp³-hybridized carbons (Fsp3) is 0.667. The van der Waals surface area contributed by atoms with Gasteiger partial charge in [-0.3, -0.25) is 4.79 Å². The van der Waals surface area contributed by atoms with Crippen molar-refractivity contribution < 1.29 is 4.79 Å². The Morgan fingerprint density at radius 1 is 1.40 bits per heavy atom. The minimum atomic E-state index is -0.175. The predicted molar refractivity (Wildman–Crippen MR) is 84.5 cm³/mol. The molecule has 0 aliphatic heterocycles. The van der Waals surface area contributed by atoms with Crippen molar-refractivity contribution in [1.82, 2.24) is 9.88 Å². The van der Waals surface area contributed by atoms with Gasteiger partial charge < -0.3 is 15.6 Å². The smallest absolute Gasteiger partial charge is 0.253 e. The number of nitrogens with two attached hydrogens (primary N) is 1. The van der Waals surface area contributed by atoms with Crippen LogP contribution in [0.5, 0.6) is 0 Å². The van der Waals surface area contributed by atoms with Gasteiger partial charge in [-0.15, -0.1) is 12.4 Å². The van der Waals surface area contributed by atoms with Gasteiger partial charge in [-0.05, 0) is 39.7 Å². The molecular formula is C15H26ClN3O. The maximum absolute atomic E-state index is 12.5. The number of aryl methyl sites for hydroxylation is 1. The van der Waals surface area contributed by atoms with Crippen LogP contribution in [0.25, 0.3) is 0 Å². The number of halogens is 1. The lowest BCUT2D eigenvalue weighted by atomic mass is 9.97. The minimum Gasteiger partial charge on any atom is -0.349 e. The first kappa shape index (κ1) is 17.1. The molecule has 1 fully saturated rings. The Balaban J connectivity index is 0.00000200. The number of nitrogens with one attached hydrogen (secondary N) is 1. The molecule has 0 spiro atoms. The zero-order chi connectivity index (χ0) is 14.0. The molecule has 0 aromatic carbocycles. The van der Waals surface area contributed by atoms with Gasteiger partial charge in [0.25, 0.3) is 5.91 Å². The zero-order valence-electron chi connectivity index (χ0n) is 12.7. The van der Waals surface area contributed by atoms with Gasteiger partial charge in [-0.1, -0.05) is 12.8 Å². The van der Waals surface area contributed by atoms with Crippen LogP contribution in [0, 0.1) is 13.8 Å². The van der Waals surface area contributed by atoms with Crippen molar-refractivity contribution in [1.29, 1.82) is 0 Å². The van der Waals surface area contributed by atoms with E-state index in [2.05, 4.69) is 16.8 Å². The Hall–Kier alpha value is -1.00. The number of aromatic nitrogens is 1. The van der Waals surface area contributed by atoms with Crippen molar-refractivity contribution in [3.05, 3.63) is 23.0 Å². The van der Waals surface area contributed by atoms with Gasteiger partial charge in [0.1, 0.15) is 0 Å². The average Bonchev–Trinajstić information content (AvgIpc) is 2.95. The molecule has 0 unspecified atom stereocenters. The summed E-state index contributed by atoms with van der Waals surface area (Å²) in [5, 5.41) is 3.19. The summed E-state index contributed by atoms with van der Waals surface area (Å²) >= 11 is 0. The van der Waals surface area contributed by atoms with Crippen LogP contribution in [-0.4, -0.2) is 22.6 Å². The van der Waals surface area contributed by atoms with Crippen molar-refractivity contribution in [3.8, 4) is 0 Å². The molecule has 4 nitrogen and oxygen atoms in total. The van der Waals surface area contributed by atoms with E-state index in [1.165, 1.54) is 0 Å². The number of amides is 1. The van der Waals surface area contributed by atoms with Crippen LogP contribution in [0.15, 0.2) is 6.07 Å². The summed E-state index contributed by atoms with van der Waals surface area (Å²) in [4.78, 5) is 12.5. The number of hydrogen-bond donors (Lipinski definition) is 2. The van der Waals surface area contributed by atoms with Crippen molar-refractivity contribution in [3.63, 3.8) is 0 Å². The molecule has 1 aliphatic rings. The monoisotopic (exact) mass is 299 g/mol. The molecule has 20 heavy (non-hydrogen) atoms. The second-order valence-corrected chi connectivity index (χ2v) is 5.67. The minimum absolute atomic E-state index is 0. The quantitative estimate of drug-likeness (QED) is 0.897. The molecule has 3 N–H and O–H groups in total. The van der Waals surface area contributed by atoms with E-state index in [9.17, 15) is 4.79 Å². The Bertz CT molecular complexity index is 476. The summed E-state index contributed by atoms with van der Waals surface area (Å²) < 4.78 is 2.17. The third-order valence-corrected chi connectivity index (χ3v) is 4.46. The van der Waals surface area contributed by atoms with E-state index >= 15 is 0 Å². The molecule has 1 saturated carbocycles. The Kier molecular flexibility index (Phi) is 5.66. The van der Waals surface area contributed by atoms with E-state index in [0.29, 0.717) is 6.54 Å². The van der Waals surface area contributed by atoms with Gasteiger partial charge in [-0.2, -0.15) is 0 Å². The van der Waals surface area contributed by atoms with Crippen molar-refractivity contribution in [2.75, 3.05) is 6.54 Å². The molecule has 1 amide bonds. The van der Waals surface area contributed by atoms with Gasteiger partial charge in [0.2, 0.25) is 0 Å². The fourth-order valence-electron chi connectivity index (χ4n) is 3.26. The summed E-state index contributed by atoms with van der Waals surface area (Å²) in [5.41, 5.74) is 8.67. The number of rotatable bonds is 4. The van der Waals surface area contributed by atoms with E-state index in [0.717, 1.165) is 49.2 Å². The number of carbonyl (C=O) groups is 1. The first-order valence-corrected chi connectivity index (χ1v) is 7.22. The molecule has 1 aliphatic carbocycles. The normalized spacial score (nSPS) is 16.8. The first-order chi connectivity index (χ1) is 9.03. The van der Waals surface area contributed by atoms with Crippen LogP contribution in [-0.2, 0) is 6.54 Å². The molecule has 1 aromatic heterocycles. The summed E-state index contributed by atoms with van der Waals surface area (Å²) in [7, 11) is 0. The van der Waals surface area contributed by atoms with E-state index in [1.54, 1.807) is 0 Å². The molecule has 0 radical (unpaired) electrons. The van der Waals surface area contributed by atoms with Crippen molar-refractivity contribution in [2.45, 2.75) is 58.5 Å². The Morgan fingerprint density at radius 2 is 2.00 bits per heavy atom. The highest BCUT2D eigenvalue weighted by molar-refractivity contribution is 5.96. The highest BCUT2D eigenvalue weighted by Gasteiger charge is 2.34. The molecule has 0 atom stereocenters. The molecule has 0 bridgehead atoms. The maximum atomic E-state index is 12.5. The summed E-state index contributed by atoms with van der Waals surface area (Å²) in [6, 6.07) is 1.98. The summed E-state index contributed by atoms with van der Waals surface area (Å²) in [6.07, 6.45) is 4.32. The second kappa shape index (κ2) is 6.64. The van der Waals surface area contributed by atoms with Gasteiger partial charge in [-0.25, -0.2) is 0 Å². The number of hydrogen-bond acceptors (Lipinski definition) is 2. The molecular weight excluding hydrogens is 274 g/mol. The van der Waals surface area contributed by atoms with E-state index in [-0.39, 0.29) is 23.9 Å². The number of carbonyl (C=O) groups excluding carboxylic acids is 1. The van der Waals surface area contributed by atoms with Crippen LogP contribution >= 0.6 is 12.4 Å². The highest BCUT2D eigenvalue weighted by Crippen LogP contribution is 2.29. The molecule has 1 aromatic rings. The number of nitrogens with zero attached hydrogens (tertiary/aromatic N) is 1. The van der Waals surface area contributed by atoms with Crippen LogP contribution in [0.4, 0.5) is 0 Å². The second-order valence-electron chi connectivity index (χ2n) is 5.67. The lowest BCUT2D eigenvalue weighted by Crippen LogP contribution is -2.51. The highest BCUT2D eigenvalue weighted by atomic mass is 35.5. The lowest BCUT2D eigenvalue weighted by Gasteiger charge is -2.28. The first-order valence-electron chi connectivity index (χ1n) is 7.22. The third kappa shape index (κ3) is 3.01. The Labute approximate surface area is 127 Å². The predicted octanol–water partition coefficient (Wildman–Crippen LogP) is 2.55. The molecule has 1 heterocycles. The van der Waals surface area contributed by atoms with Crippen LogP contribution < -0.4 is 11.1 Å². The standard InChI is InChI=1S/C15H25N3O.ClH/c1-4-18-11(2)9-13(12(18)3)14(19)17-15(10-16)7-5-6-8-15;/h9H,4-8,10,16H2,1-3H3,(H,17,19);1H. The molecule has 114 valence electrons. The van der Waals surface area contributed by atoms with Gasteiger partial charge in [0.05, 0.1) is 11.1 Å². The summed E-state index contributed by atoms with van der Waals surface area (Å²) in [5.74, 6) is 0.0279. The largest absolute Gasteiger partial charge is 0.349 e. The van der Waals surface area contributed by atoms with E-state index in [4.69, 9.17) is 5.73 Å². The molecule has 5 heteroatoms. The topological polar surface area (TPSA) is 60.0 Å². The average molecular weight is 300 g/mol. The van der Waals surface area contributed by atoms with Crippen molar-refractivity contribution in [2.24, 2.45) is 5.73 Å². The van der Waals surface area contributed by atoms with Crippen LogP contribution in [0.2, 0.25) is 0 Å². The molecule has 2 rings (SSSR count). The zero-order valence-corrected chi connectivity index (χ0v) is 13.5. The fourth-order valence-corrected chi connectivity index (χ4v) is 3.26. The van der Waals surface area contributed by atoms with Crippen LogP contribution in [0.3, 0.4) is 0 Å². The van der Waals surface area contributed by atoms with Gasteiger partial charge >= 0.3 is 0 Å². The third-order valence-electron chi connectivity index (χ3n) is 4.46. The summed E-state index contributed by atoms with van der Waals surface area (Å²) in [6.45, 7) is 7.58. The van der Waals surface area contributed by atoms with Gasteiger partial charge in [0, 0.05) is 24.5 Å². The van der Waals surface area contributed by atoms with Crippen LogP contribution in [0.1, 0.15) is 54.4 Å². The van der Waals surface area contributed by atoms with E-state index < -0.39 is 0 Å². The molecule has 0 saturated heterocycles. The lowest BCUT2D eigenvalue weighted by molar-refractivity contribution is 0.0902. The van der Waals surface area contributed by atoms with Crippen molar-refractivity contribution >= 4 is 18.3 Å². The SMILES string of the molecule is CCn1c(C)cc(C(=O)NC2(CN)CCCC2)c1C.Cl. The Morgan fingerprint density at radius 3 is 2.45 bits per heavy atom. The maximum Gasteiger partial charge on any atom is 0.253 e. The van der Waals surface area contributed by atoms with Gasteiger partial charge in [0.15, 0.2) is 0 Å². The van der Waals surface area contributed by atoms with E-state index in [1.807, 2.05) is 19.9 Å².